The van der Waals surface area contributed by atoms with Gasteiger partial charge in [0.25, 0.3) is 0 Å². The Hall–Kier alpha value is -1.71. The SMILES string of the molecule is CC(O)CN(C)c1ccc(S(C)(=O)=O)cc1S(=O)(=O)N1CCN(CP(C)(C)=O)CC1.O=C(O)C(F)(F)F. The minimum absolute atomic E-state index is 0.0770. The van der Waals surface area contributed by atoms with Gasteiger partial charge in [-0.05, 0) is 38.5 Å². The van der Waals surface area contributed by atoms with Gasteiger partial charge in [-0.2, -0.15) is 17.5 Å². The number of likely N-dealkylation sites (N-methyl/N-ethyl adjacent to an activating group) is 1. The number of sulfone groups is 1. The molecule has 214 valence electrons. The number of halogens is 3. The summed E-state index contributed by atoms with van der Waals surface area (Å²) in [5.41, 5.74) is 0.331. The van der Waals surface area contributed by atoms with Crippen LogP contribution in [0, 0.1) is 0 Å². The van der Waals surface area contributed by atoms with Gasteiger partial charge in [-0.1, -0.05) is 0 Å². The third-order valence-corrected chi connectivity index (χ3v) is 9.16. The lowest BCUT2D eigenvalue weighted by atomic mass is 10.2. The number of carboxylic acid groups (broad SMARTS) is 1. The number of nitrogens with zero attached hydrogens (tertiary/aromatic N) is 3. The summed E-state index contributed by atoms with van der Waals surface area (Å²) in [6.45, 7) is 6.56. The van der Waals surface area contributed by atoms with Crippen LogP contribution >= 0.6 is 7.14 Å². The van der Waals surface area contributed by atoms with Gasteiger partial charge >= 0.3 is 12.1 Å². The maximum atomic E-state index is 13.4. The molecule has 1 aliphatic rings. The van der Waals surface area contributed by atoms with Gasteiger partial charge in [0.2, 0.25) is 10.0 Å². The molecule has 1 unspecified atom stereocenters. The van der Waals surface area contributed by atoms with Crippen LogP contribution in [-0.4, -0.2) is 120 Å². The fourth-order valence-electron chi connectivity index (χ4n) is 3.47. The molecule has 1 aromatic rings. The number of hydrogen-bond donors (Lipinski definition) is 2. The van der Waals surface area contributed by atoms with E-state index in [1.54, 1.807) is 32.2 Å². The molecule has 11 nitrogen and oxygen atoms in total. The minimum Gasteiger partial charge on any atom is -0.475 e. The summed E-state index contributed by atoms with van der Waals surface area (Å²) < 4.78 is 96.1. The first-order valence-corrected chi connectivity index (χ1v) is 17.0. The maximum Gasteiger partial charge on any atom is 0.490 e. The first-order valence-electron chi connectivity index (χ1n) is 10.9. The standard InChI is InChI=1S/C18H32N3O6PS2.C2HF3O2/c1-15(22)13-19(2)17-7-6-16(29(5,24)25)12-18(17)30(26,27)21-10-8-20(9-11-21)14-28(3,4)23;3-2(4,5)1(6)7/h6-7,12,15,22H,8-11,13-14H2,1-5H3;(H,6,7). The van der Waals surface area contributed by atoms with Crippen LogP contribution in [0.2, 0.25) is 0 Å². The van der Waals surface area contributed by atoms with Crippen molar-refractivity contribution in [2.24, 2.45) is 0 Å². The summed E-state index contributed by atoms with van der Waals surface area (Å²) in [5, 5.41) is 16.8. The van der Waals surface area contributed by atoms with E-state index in [9.17, 15) is 39.7 Å². The van der Waals surface area contributed by atoms with Gasteiger partial charge in [-0.3, -0.25) is 4.90 Å². The third-order valence-electron chi connectivity index (χ3n) is 5.04. The van der Waals surface area contributed by atoms with Crippen LogP contribution in [0.15, 0.2) is 28.0 Å². The Bertz CT molecular complexity index is 1210. The van der Waals surface area contributed by atoms with Crippen molar-refractivity contribution in [1.82, 2.24) is 9.21 Å². The highest BCUT2D eigenvalue weighted by Gasteiger charge is 2.38. The predicted octanol–water partition coefficient (Wildman–Crippen LogP) is 1.43. The minimum atomic E-state index is -5.08. The van der Waals surface area contributed by atoms with Crippen molar-refractivity contribution in [3.8, 4) is 0 Å². The fourth-order valence-corrected chi connectivity index (χ4v) is 7.13. The van der Waals surface area contributed by atoms with Crippen molar-refractivity contribution in [2.75, 3.05) is 70.5 Å². The Morgan fingerprint density at radius 1 is 1.14 bits per heavy atom. The number of hydrogen-bond acceptors (Lipinski definition) is 9. The second-order valence-electron chi connectivity index (χ2n) is 9.17. The number of anilines is 1. The van der Waals surface area contributed by atoms with Crippen LogP contribution in [-0.2, 0) is 29.2 Å². The normalized spacial score (nSPS) is 17.0. The quantitative estimate of drug-likeness (QED) is 0.422. The van der Waals surface area contributed by atoms with Crippen LogP contribution in [0.3, 0.4) is 0 Å². The molecule has 1 fully saturated rings. The summed E-state index contributed by atoms with van der Waals surface area (Å²) >= 11 is 0. The van der Waals surface area contributed by atoms with E-state index in [4.69, 9.17) is 9.90 Å². The van der Waals surface area contributed by atoms with E-state index in [-0.39, 0.29) is 29.4 Å². The molecule has 0 radical (unpaired) electrons. The van der Waals surface area contributed by atoms with Gasteiger partial charge in [0, 0.05) is 46.0 Å². The molecule has 17 heteroatoms. The summed E-state index contributed by atoms with van der Waals surface area (Å²) in [6, 6.07) is 4.03. The van der Waals surface area contributed by atoms with Crippen molar-refractivity contribution in [1.29, 1.82) is 0 Å². The van der Waals surface area contributed by atoms with Gasteiger partial charge in [-0.15, -0.1) is 0 Å². The van der Waals surface area contributed by atoms with E-state index in [1.807, 2.05) is 4.90 Å². The smallest absolute Gasteiger partial charge is 0.475 e. The molecule has 0 spiro atoms. The van der Waals surface area contributed by atoms with Crippen molar-refractivity contribution >= 4 is 38.7 Å². The van der Waals surface area contributed by atoms with Gasteiger partial charge in [0.1, 0.15) is 4.90 Å². The van der Waals surface area contributed by atoms with Gasteiger partial charge < -0.3 is 19.7 Å². The highest BCUT2D eigenvalue weighted by atomic mass is 32.2. The molecule has 1 aliphatic heterocycles. The fraction of sp³-hybridized carbons (Fsp3) is 0.650. The molecular weight excluding hydrogens is 562 g/mol. The monoisotopic (exact) mass is 595 g/mol. The van der Waals surface area contributed by atoms with Crippen molar-refractivity contribution in [3.63, 3.8) is 0 Å². The zero-order valence-electron chi connectivity index (χ0n) is 21.1. The lowest BCUT2D eigenvalue weighted by molar-refractivity contribution is -0.192. The van der Waals surface area contributed by atoms with Crippen molar-refractivity contribution in [2.45, 2.75) is 29.0 Å². The Morgan fingerprint density at radius 3 is 2.00 bits per heavy atom. The number of aliphatic hydroxyl groups excluding tert-OH is 1. The van der Waals surface area contributed by atoms with Crippen LogP contribution in [0.1, 0.15) is 6.92 Å². The predicted molar refractivity (Wildman–Crippen MR) is 133 cm³/mol. The highest BCUT2D eigenvalue weighted by Crippen LogP contribution is 2.37. The number of carbonyl (C=O) groups is 1. The third kappa shape index (κ3) is 10.5. The van der Waals surface area contributed by atoms with E-state index < -0.39 is 45.3 Å². The largest absolute Gasteiger partial charge is 0.490 e. The van der Waals surface area contributed by atoms with Gasteiger partial charge in [0.15, 0.2) is 9.84 Å². The van der Waals surface area contributed by atoms with Gasteiger partial charge in [0.05, 0.1) is 30.1 Å². The molecule has 2 rings (SSSR count). The first kappa shape index (κ1) is 33.3. The number of aliphatic hydroxyl groups is 1. The summed E-state index contributed by atoms with van der Waals surface area (Å²) in [6.07, 6.45) is -4.31. The van der Waals surface area contributed by atoms with Crippen molar-refractivity contribution in [3.05, 3.63) is 18.2 Å². The molecule has 0 saturated carbocycles. The van der Waals surface area contributed by atoms with E-state index in [0.717, 1.165) is 6.26 Å². The second-order valence-corrected chi connectivity index (χ2v) is 16.5. The van der Waals surface area contributed by atoms with Crippen LogP contribution in [0.5, 0.6) is 0 Å². The number of rotatable bonds is 8. The van der Waals surface area contributed by atoms with Crippen molar-refractivity contribution < 1.29 is 49.6 Å². The summed E-state index contributed by atoms with van der Waals surface area (Å²) in [7, 11) is -8.17. The first-order chi connectivity index (χ1) is 16.6. The summed E-state index contributed by atoms with van der Waals surface area (Å²) in [4.78, 5) is 12.3. The molecule has 0 bridgehead atoms. The molecular formula is C20H33F3N3O8PS2. The van der Waals surface area contributed by atoms with Crippen LogP contribution < -0.4 is 4.90 Å². The molecule has 2 N–H and O–H groups in total. The maximum absolute atomic E-state index is 13.4. The zero-order valence-corrected chi connectivity index (χ0v) is 23.7. The molecule has 37 heavy (non-hydrogen) atoms. The second kappa shape index (κ2) is 12.4. The topological polar surface area (TPSA) is 153 Å². The van der Waals surface area contributed by atoms with Crippen LogP contribution in [0.25, 0.3) is 0 Å². The number of carboxylic acids is 1. The van der Waals surface area contributed by atoms with E-state index >= 15 is 0 Å². The molecule has 0 amide bonds. The van der Waals surface area contributed by atoms with E-state index in [0.29, 0.717) is 25.1 Å². The number of piperazine rings is 1. The average molecular weight is 596 g/mol. The summed E-state index contributed by atoms with van der Waals surface area (Å²) in [5.74, 6) is -2.76. The Kier molecular flexibility index (Phi) is 11.2. The molecule has 1 heterocycles. The highest BCUT2D eigenvalue weighted by molar-refractivity contribution is 7.91. The van der Waals surface area contributed by atoms with E-state index in [2.05, 4.69) is 0 Å². The number of benzene rings is 1. The van der Waals surface area contributed by atoms with Crippen LogP contribution in [0.4, 0.5) is 18.9 Å². The average Bonchev–Trinajstić information content (AvgIpc) is 2.71. The number of sulfonamides is 1. The molecule has 1 saturated heterocycles. The lowest BCUT2D eigenvalue weighted by Gasteiger charge is -2.35. The Morgan fingerprint density at radius 2 is 1.62 bits per heavy atom. The number of aliphatic carboxylic acids is 1. The Balaban J connectivity index is 0.000000856. The Labute approximate surface area is 215 Å². The molecule has 1 aromatic carbocycles. The molecule has 0 aromatic heterocycles. The number of alkyl halides is 3. The van der Waals surface area contributed by atoms with Gasteiger partial charge in [-0.25, -0.2) is 21.6 Å². The lowest BCUT2D eigenvalue weighted by Crippen LogP contribution is -2.48. The molecule has 1 atom stereocenters. The van der Waals surface area contributed by atoms with E-state index in [1.165, 1.54) is 22.5 Å². The zero-order chi connectivity index (χ0) is 29.0. The molecule has 0 aliphatic carbocycles.